The van der Waals surface area contributed by atoms with Crippen LogP contribution in [0.2, 0.25) is 0 Å². The van der Waals surface area contributed by atoms with Crippen molar-refractivity contribution in [3.8, 4) is 6.07 Å². The highest BCUT2D eigenvalue weighted by Gasteiger charge is 2.19. The summed E-state index contributed by atoms with van der Waals surface area (Å²) < 4.78 is 25.4. The number of nitrogens with two attached hydrogens (primary N) is 1. The smallest absolute Gasteiger partial charge is 0.265 e. The van der Waals surface area contributed by atoms with Crippen LogP contribution in [-0.4, -0.2) is 4.98 Å². The lowest BCUT2D eigenvalue weighted by atomic mass is 10.1. The first-order valence-electron chi connectivity index (χ1n) is 4.09. The molecule has 0 amide bonds. The van der Waals surface area contributed by atoms with Crippen molar-refractivity contribution in [2.45, 2.75) is 18.7 Å². The van der Waals surface area contributed by atoms with Crippen molar-refractivity contribution in [1.82, 2.24) is 4.98 Å². The van der Waals surface area contributed by atoms with Crippen LogP contribution in [0.4, 0.5) is 14.6 Å². The van der Waals surface area contributed by atoms with Crippen molar-refractivity contribution in [2.24, 2.45) is 0 Å². The fourth-order valence-corrected chi connectivity index (χ4v) is 1.50. The van der Waals surface area contributed by atoms with Gasteiger partial charge in [-0.05, 0) is 11.6 Å². The maximum atomic E-state index is 12.7. The van der Waals surface area contributed by atoms with E-state index in [1.165, 1.54) is 6.07 Å². The number of hydrogen-bond donors (Lipinski definition) is 1. The maximum Gasteiger partial charge on any atom is 0.265 e. The molecule has 1 aromatic rings. The number of nitrogen functional groups attached to an aromatic ring is 1. The minimum absolute atomic E-state index is 0.00292. The molecule has 0 saturated heterocycles. The Kier molecular flexibility index (Phi) is 3.81. The van der Waals surface area contributed by atoms with E-state index < -0.39 is 6.43 Å². The van der Waals surface area contributed by atoms with Gasteiger partial charge in [0.25, 0.3) is 6.43 Å². The van der Waals surface area contributed by atoms with Gasteiger partial charge in [-0.15, -0.1) is 11.6 Å². The molecule has 0 fully saturated rings. The predicted molar refractivity (Wildman–Crippen MR) is 52.5 cm³/mol. The van der Waals surface area contributed by atoms with Crippen LogP contribution in [0.1, 0.15) is 23.2 Å². The SMILES string of the molecule is N#CCc1nc(N)cc(CCl)c1C(F)F. The van der Waals surface area contributed by atoms with Crippen LogP contribution in [0.5, 0.6) is 0 Å². The summed E-state index contributed by atoms with van der Waals surface area (Å²) in [5.41, 5.74) is 5.36. The summed E-state index contributed by atoms with van der Waals surface area (Å²) in [6, 6.07) is 3.06. The molecular formula is C9H8ClF2N3. The van der Waals surface area contributed by atoms with E-state index in [0.29, 0.717) is 0 Å². The van der Waals surface area contributed by atoms with Crippen molar-refractivity contribution >= 4 is 17.4 Å². The van der Waals surface area contributed by atoms with Crippen molar-refractivity contribution in [3.05, 3.63) is 22.9 Å². The molecule has 0 spiro atoms. The highest BCUT2D eigenvalue weighted by Crippen LogP contribution is 2.28. The van der Waals surface area contributed by atoms with E-state index >= 15 is 0 Å². The molecule has 3 nitrogen and oxygen atoms in total. The molecule has 0 radical (unpaired) electrons. The van der Waals surface area contributed by atoms with Crippen molar-refractivity contribution in [3.63, 3.8) is 0 Å². The summed E-state index contributed by atoms with van der Waals surface area (Å²) in [5.74, 6) is 0.0190. The van der Waals surface area contributed by atoms with E-state index in [-0.39, 0.29) is 34.9 Å². The fourth-order valence-electron chi connectivity index (χ4n) is 1.28. The zero-order valence-corrected chi connectivity index (χ0v) is 8.43. The molecule has 0 aliphatic carbocycles. The van der Waals surface area contributed by atoms with Gasteiger partial charge in [0.2, 0.25) is 0 Å². The number of nitriles is 1. The number of anilines is 1. The molecule has 0 unspecified atom stereocenters. The van der Waals surface area contributed by atoms with E-state index in [9.17, 15) is 8.78 Å². The predicted octanol–water partition coefficient (Wildman–Crippen LogP) is 2.41. The molecule has 15 heavy (non-hydrogen) atoms. The van der Waals surface area contributed by atoms with Crippen LogP contribution in [0, 0.1) is 11.3 Å². The van der Waals surface area contributed by atoms with E-state index in [4.69, 9.17) is 22.6 Å². The fraction of sp³-hybridized carbons (Fsp3) is 0.333. The van der Waals surface area contributed by atoms with Gasteiger partial charge in [-0.2, -0.15) is 5.26 Å². The van der Waals surface area contributed by atoms with Gasteiger partial charge in [-0.1, -0.05) is 0 Å². The summed E-state index contributed by atoms with van der Waals surface area (Å²) in [5, 5.41) is 8.47. The Hall–Kier alpha value is -1.41. The summed E-state index contributed by atoms with van der Waals surface area (Å²) in [4.78, 5) is 3.71. The van der Waals surface area contributed by atoms with Gasteiger partial charge in [-0.3, -0.25) is 0 Å². The van der Waals surface area contributed by atoms with Gasteiger partial charge in [0, 0.05) is 11.4 Å². The topological polar surface area (TPSA) is 62.7 Å². The highest BCUT2D eigenvalue weighted by molar-refractivity contribution is 6.17. The number of hydrogen-bond acceptors (Lipinski definition) is 3. The summed E-state index contributed by atoms with van der Waals surface area (Å²) in [6.45, 7) is 0. The van der Waals surface area contributed by atoms with E-state index in [1.54, 1.807) is 6.07 Å². The van der Waals surface area contributed by atoms with Gasteiger partial charge < -0.3 is 5.73 Å². The summed E-state index contributed by atoms with van der Waals surface area (Å²) in [7, 11) is 0. The quantitative estimate of drug-likeness (QED) is 0.813. The lowest BCUT2D eigenvalue weighted by Crippen LogP contribution is -2.05. The summed E-state index contributed by atoms with van der Waals surface area (Å²) in [6.07, 6.45) is -2.90. The molecule has 6 heteroatoms. The Labute approximate surface area is 90.5 Å². The molecule has 2 N–H and O–H groups in total. The second kappa shape index (κ2) is 4.89. The average Bonchev–Trinajstić information content (AvgIpc) is 2.16. The minimum Gasteiger partial charge on any atom is -0.384 e. The zero-order chi connectivity index (χ0) is 11.4. The molecule has 0 aromatic carbocycles. The molecule has 1 rings (SSSR count). The third-order valence-corrected chi connectivity index (χ3v) is 2.14. The molecule has 0 atom stereocenters. The maximum absolute atomic E-state index is 12.7. The first-order chi connectivity index (χ1) is 7.10. The number of aromatic nitrogens is 1. The first kappa shape index (κ1) is 11.7. The Balaban J connectivity index is 3.34. The van der Waals surface area contributed by atoms with E-state index in [1.807, 2.05) is 0 Å². The van der Waals surface area contributed by atoms with Crippen molar-refractivity contribution in [2.75, 3.05) is 5.73 Å². The zero-order valence-electron chi connectivity index (χ0n) is 7.67. The van der Waals surface area contributed by atoms with Crippen LogP contribution in [0.25, 0.3) is 0 Å². The van der Waals surface area contributed by atoms with Crippen LogP contribution in [-0.2, 0) is 12.3 Å². The summed E-state index contributed by atoms with van der Waals surface area (Å²) >= 11 is 5.52. The van der Waals surface area contributed by atoms with Crippen LogP contribution >= 0.6 is 11.6 Å². The number of nitrogens with zero attached hydrogens (tertiary/aromatic N) is 2. The molecule has 80 valence electrons. The lowest BCUT2D eigenvalue weighted by Gasteiger charge is -2.10. The minimum atomic E-state index is -2.70. The van der Waals surface area contributed by atoms with Gasteiger partial charge in [-0.25, -0.2) is 13.8 Å². The molecule has 0 aliphatic rings. The standard InChI is InChI=1S/C9H8ClF2N3/c10-4-5-3-7(14)15-6(1-2-13)8(5)9(11)12/h3,9H,1,4H2,(H2,14,15). The molecule has 1 heterocycles. The molecule has 0 saturated carbocycles. The first-order valence-corrected chi connectivity index (χ1v) is 4.62. The molecule has 0 aliphatic heterocycles. The largest absolute Gasteiger partial charge is 0.384 e. The Morgan fingerprint density at radius 3 is 2.73 bits per heavy atom. The molecular weight excluding hydrogens is 224 g/mol. The van der Waals surface area contributed by atoms with Crippen LogP contribution < -0.4 is 5.73 Å². The van der Waals surface area contributed by atoms with Gasteiger partial charge in [0.1, 0.15) is 5.82 Å². The number of halogens is 3. The number of alkyl halides is 3. The van der Waals surface area contributed by atoms with Crippen molar-refractivity contribution in [1.29, 1.82) is 5.26 Å². The van der Waals surface area contributed by atoms with E-state index in [0.717, 1.165) is 0 Å². The highest BCUT2D eigenvalue weighted by atomic mass is 35.5. The third kappa shape index (κ3) is 2.54. The monoisotopic (exact) mass is 231 g/mol. The lowest BCUT2D eigenvalue weighted by molar-refractivity contribution is 0.149. The Bertz CT molecular complexity index is 401. The Morgan fingerprint density at radius 2 is 2.27 bits per heavy atom. The second-order valence-electron chi connectivity index (χ2n) is 2.84. The second-order valence-corrected chi connectivity index (χ2v) is 3.10. The average molecular weight is 232 g/mol. The number of rotatable bonds is 3. The van der Waals surface area contributed by atoms with E-state index in [2.05, 4.69) is 4.98 Å². The Morgan fingerprint density at radius 1 is 1.60 bits per heavy atom. The van der Waals surface area contributed by atoms with Gasteiger partial charge in [0.05, 0.1) is 18.2 Å². The number of pyridine rings is 1. The molecule has 1 aromatic heterocycles. The van der Waals surface area contributed by atoms with Crippen LogP contribution in [0.3, 0.4) is 0 Å². The van der Waals surface area contributed by atoms with Crippen molar-refractivity contribution < 1.29 is 8.78 Å². The van der Waals surface area contributed by atoms with Crippen LogP contribution in [0.15, 0.2) is 6.07 Å². The normalized spacial score (nSPS) is 10.3. The third-order valence-electron chi connectivity index (χ3n) is 1.85. The molecule has 0 bridgehead atoms. The van der Waals surface area contributed by atoms with Gasteiger partial charge in [0.15, 0.2) is 0 Å². The van der Waals surface area contributed by atoms with Gasteiger partial charge >= 0.3 is 0 Å².